The van der Waals surface area contributed by atoms with E-state index in [9.17, 15) is 9.59 Å². The van der Waals surface area contributed by atoms with Crippen LogP contribution in [0.5, 0.6) is 5.75 Å². The minimum absolute atomic E-state index is 0.423. The van der Waals surface area contributed by atoms with Gasteiger partial charge in [-0.05, 0) is 41.8 Å². The topological polar surface area (TPSA) is 79.8 Å². The van der Waals surface area contributed by atoms with Gasteiger partial charge in [0.25, 0.3) is 0 Å². The van der Waals surface area contributed by atoms with Crippen LogP contribution in [0, 0.1) is 0 Å². The van der Waals surface area contributed by atoms with Gasteiger partial charge in [-0.2, -0.15) is 5.10 Å². The first-order valence-corrected chi connectivity index (χ1v) is 7.98. The molecule has 0 atom stereocenters. The van der Waals surface area contributed by atoms with Crippen LogP contribution >= 0.6 is 11.6 Å². The Morgan fingerprint density at radius 1 is 1.20 bits per heavy atom. The smallest absolute Gasteiger partial charge is 0.329 e. The molecule has 0 unspecified atom stereocenters. The van der Waals surface area contributed by atoms with Gasteiger partial charge >= 0.3 is 11.8 Å². The van der Waals surface area contributed by atoms with Gasteiger partial charge < -0.3 is 10.1 Å². The number of carbonyl (C=O) groups excluding carboxylic acids is 2. The number of halogens is 1. The maximum atomic E-state index is 11.9. The number of benzene rings is 2. The third-order valence-corrected chi connectivity index (χ3v) is 3.70. The van der Waals surface area contributed by atoms with Crippen LogP contribution in [-0.2, 0) is 16.0 Å². The Labute approximate surface area is 150 Å². The summed E-state index contributed by atoms with van der Waals surface area (Å²) in [4.78, 5) is 23.7. The predicted octanol–water partition coefficient (Wildman–Crippen LogP) is 3.00. The average Bonchev–Trinajstić information content (AvgIpc) is 2.62. The van der Waals surface area contributed by atoms with E-state index in [1.54, 1.807) is 30.3 Å². The molecule has 0 radical (unpaired) electrons. The number of methoxy groups -OCH3 is 1. The van der Waals surface area contributed by atoms with Gasteiger partial charge in [-0.3, -0.25) is 9.59 Å². The zero-order chi connectivity index (χ0) is 18.2. The van der Waals surface area contributed by atoms with Crippen LogP contribution in [0.3, 0.4) is 0 Å². The highest BCUT2D eigenvalue weighted by molar-refractivity contribution is 6.39. The number of nitrogens with one attached hydrogen (secondary N) is 2. The first-order valence-electron chi connectivity index (χ1n) is 7.61. The molecule has 0 heterocycles. The number of carbonyl (C=O) groups is 2. The van der Waals surface area contributed by atoms with E-state index in [0.29, 0.717) is 22.0 Å². The lowest BCUT2D eigenvalue weighted by Crippen LogP contribution is -2.32. The summed E-state index contributed by atoms with van der Waals surface area (Å²) in [5.74, 6) is -1.11. The van der Waals surface area contributed by atoms with Gasteiger partial charge in [0.1, 0.15) is 5.75 Å². The van der Waals surface area contributed by atoms with Crippen molar-refractivity contribution < 1.29 is 14.3 Å². The summed E-state index contributed by atoms with van der Waals surface area (Å²) in [5, 5.41) is 6.75. The Morgan fingerprint density at radius 2 is 1.96 bits per heavy atom. The zero-order valence-corrected chi connectivity index (χ0v) is 14.6. The van der Waals surface area contributed by atoms with Crippen molar-refractivity contribution in [3.8, 4) is 5.75 Å². The van der Waals surface area contributed by atoms with Crippen molar-refractivity contribution in [1.29, 1.82) is 0 Å². The Balaban J connectivity index is 1.95. The Hall–Kier alpha value is -2.86. The molecule has 0 spiro atoms. The molecule has 25 heavy (non-hydrogen) atoms. The molecule has 2 aromatic carbocycles. The standard InChI is InChI=1S/C18H18ClN3O3/c1-3-13-6-4-5-7-15(13)21-17(23)18(24)22-20-11-12-8-9-16(25-2)14(19)10-12/h4-11H,3H2,1-2H3,(H,21,23)(H,22,24)/b20-11-. The molecule has 0 aliphatic heterocycles. The van der Waals surface area contributed by atoms with Crippen LogP contribution in [0.4, 0.5) is 5.69 Å². The molecule has 0 fully saturated rings. The van der Waals surface area contributed by atoms with Gasteiger partial charge in [0, 0.05) is 5.69 Å². The van der Waals surface area contributed by atoms with Crippen molar-refractivity contribution in [3.05, 3.63) is 58.6 Å². The van der Waals surface area contributed by atoms with Crippen LogP contribution in [0.25, 0.3) is 0 Å². The molecule has 0 bridgehead atoms. The van der Waals surface area contributed by atoms with Gasteiger partial charge in [0.15, 0.2) is 0 Å². The number of anilines is 1. The number of rotatable bonds is 5. The summed E-state index contributed by atoms with van der Waals surface area (Å²) in [7, 11) is 1.52. The molecular formula is C18H18ClN3O3. The summed E-state index contributed by atoms with van der Waals surface area (Å²) in [6, 6.07) is 12.3. The highest BCUT2D eigenvalue weighted by Crippen LogP contribution is 2.24. The Bertz CT molecular complexity index is 806. The van der Waals surface area contributed by atoms with E-state index in [0.717, 1.165) is 12.0 Å². The Morgan fingerprint density at radius 3 is 2.64 bits per heavy atom. The summed E-state index contributed by atoms with van der Waals surface area (Å²) in [5.41, 5.74) is 4.39. The maximum Gasteiger partial charge on any atom is 0.329 e. The summed E-state index contributed by atoms with van der Waals surface area (Å²) < 4.78 is 5.05. The predicted molar refractivity (Wildman–Crippen MR) is 98.2 cm³/mol. The van der Waals surface area contributed by atoms with E-state index in [2.05, 4.69) is 15.8 Å². The summed E-state index contributed by atoms with van der Waals surface area (Å²) >= 11 is 6.00. The molecule has 7 heteroatoms. The molecule has 2 aromatic rings. The van der Waals surface area contributed by atoms with E-state index in [1.165, 1.54) is 13.3 Å². The minimum atomic E-state index is -0.859. The fourth-order valence-corrected chi connectivity index (χ4v) is 2.37. The number of hydrogen-bond donors (Lipinski definition) is 2. The van der Waals surface area contributed by atoms with Gasteiger partial charge in [0.2, 0.25) is 0 Å². The molecule has 2 rings (SSSR count). The Kier molecular flexibility index (Phi) is 6.54. The normalized spacial score (nSPS) is 10.5. The second-order valence-electron chi connectivity index (χ2n) is 5.06. The van der Waals surface area contributed by atoms with Gasteiger partial charge in [-0.1, -0.05) is 36.7 Å². The van der Waals surface area contributed by atoms with Gasteiger partial charge in [0.05, 0.1) is 18.3 Å². The summed E-state index contributed by atoms with van der Waals surface area (Å²) in [6.07, 6.45) is 2.13. The van der Waals surface area contributed by atoms with Crippen LogP contribution < -0.4 is 15.5 Å². The highest BCUT2D eigenvalue weighted by atomic mass is 35.5. The molecular weight excluding hydrogens is 342 g/mol. The van der Waals surface area contributed by atoms with E-state index in [4.69, 9.17) is 16.3 Å². The number of nitrogens with zero attached hydrogens (tertiary/aromatic N) is 1. The quantitative estimate of drug-likeness (QED) is 0.489. The van der Waals surface area contributed by atoms with Crippen molar-refractivity contribution in [1.82, 2.24) is 5.43 Å². The molecule has 6 nitrogen and oxygen atoms in total. The fourth-order valence-electron chi connectivity index (χ4n) is 2.11. The number of aryl methyl sites for hydroxylation is 1. The average molecular weight is 360 g/mol. The van der Waals surface area contributed by atoms with E-state index >= 15 is 0 Å². The first-order chi connectivity index (χ1) is 12.0. The fraction of sp³-hybridized carbons (Fsp3) is 0.167. The minimum Gasteiger partial charge on any atom is -0.495 e. The van der Waals surface area contributed by atoms with Crippen molar-refractivity contribution >= 4 is 35.3 Å². The van der Waals surface area contributed by atoms with Crippen LogP contribution in [-0.4, -0.2) is 25.1 Å². The molecule has 0 aliphatic carbocycles. The van der Waals surface area contributed by atoms with E-state index in [1.807, 2.05) is 19.1 Å². The highest BCUT2D eigenvalue weighted by Gasteiger charge is 2.14. The molecule has 2 N–H and O–H groups in total. The number of hydrogen-bond acceptors (Lipinski definition) is 4. The molecule has 0 aromatic heterocycles. The van der Waals surface area contributed by atoms with Crippen LogP contribution in [0.1, 0.15) is 18.1 Å². The lowest BCUT2D eigenvalue weighted by molar-refractivity contribution is -0.136. The van der Waals surface area contributed by atoms with Crippen molar-refractivity contribution in [2.45, 2.75) is 13.3 Å². The van der Waals surface area contributed by atoms with Gasteiger partial charge in [-0.15, -0.1) is 0 Å². The molecule has 0 saturated carbocycles. The maximum absolute atomic E-state index is 11.9. The second-order valence-corrected chi connectivity index (χ2v) is 5.47. The number of hydrazone groups is 1. The largest absolute Gasteiger partial charge is 0.495 e. The first kappa shape index (κ1) is 18.5. The lowest BCUT2D eigenvalue weighted by atomic mass is 10.1. The van der Waals surface area contributed by atoms with E-state index in [-0.39, 0.29) is 0 Å². The van der Waals surface area contributed by atoms with Crippen molar-refractivity contribution in [2.24, 2.45) is 5.10 Å². The SMILES string of the molecule is CCc1ccccc1NC(=O)C(=O)N/N=C\c1ccc(OC)c(Cl)c1. The monoisotopic (exact) mass is 359 g/mol. The number of ether oxygens (including phenoxy) is 1. The van der Waals surface area contributed by atoms with Crippen molar-refractivity contribution in [2.75, 3.05) is 12.4 Å². The molecule has 0 aliphatic rings. The zero-order valence-electron chi connectivity index (χ0n) is 13.9. The molecule has 2 amide bonds. The van der Waals surface area contributed by atoms with Crippen molar-refractivity contribution in [3.63, 3.8) is 0 Å². The van der Waals surface area contributed by atoms with Crippen LogP contribution in [0.2, 0.25) is 5.02 Å². The van der Waals surface area contributed by atoms with Crippen LogP contribution in [0.15, 0.2) is 47.6 Å². The van der Waals surface area contributed by atoms with Gasteiger partial charge in [-0.25, -0.2) is 5.43 Å². The third kappa shape index (κ3) is 5.06. The van der Waals surface area contributed by atoms with E-state index < -0.39 is 11.8 Å². The third-order valence-electron chi connectivity index (χ3n) is 3.41. The second kappa shape index (κ2) is 8.84. The molecule has 0 saturated heterocycles. The number of para-hydroxylation sites is 1. The summed E-state index contributed by atoms with van der Waals surface area (Å²) in [6.45, 7) is 1.97. The molecule has 130 valence electrons. The lowest BCUT2D eigenvalue weighted by Gasteiger charge is -2.08. The number of amides is 2.